The summed E-state index contributed by atoms with van der Waals surface area (Å²) in [6, 6.07) is 17.7. The second kappa shape index (κ2) is 8.73. The second-order valence-corrected chi connectivity index (χ2v) is 7.09. The standard InChI is InChI=1S/C23H23FN4O/c24-21-7-3-2-6-20(21)23(29)27-22-13-10-18(16-25-22)26-17-8-11-19(12-9-17)28-14-4-1-5-15-28/h2-3,6-13,16,26H,1,4-5,14-15H2,(H,25,27,29). The highest BCUT2D eigenvalue weighted by molar-refractivity contribution is 6.03. The van der Waals surface area contributed by atoms with Gasteiger partial charge in [0.05, 0.1) is 17.4 Å². The lowest BCUT2D eigenvalue weighted by atomic mass is 10.1. The lowest BCUT2D eigenvalue weighted by Crippen LogP contribution is -2.29. The molecule has 0 radical (unpaired) electrons. The van der Waals surface area contributed by atoms with E-state index in [9.17, 15) is 9.18 Å². The Hall–Kier alpha value is -3.41. The number of pyridine rings is 1. The van der Waals surface area contributed by atoms with E-state index in [-0.39, 0.29) is 5.56 Å². The Morgan fingerprint density at radius 3 is 2.31 bits per heavy atom. The molecule has 0 aliphatic carbocycles. The third-order valence-corrected chi connectivity index (χ3v) is 5.00. The van der Waals surface area contributed by atoms with Gasteiger partial charge in [0.2, 0.25) is 0 Å². The summed E-state index contributed by atoms with van der Waals surface area (Å²) < 4.78 is 13.7. The van der Waals surface area contributed by atoms with Crippen molar-refractivity contribution < 1.29 is 9.18 Å². The fraction of sp³-hybridized carbons (Fsp3) is 0.217. The van der Waals surface area contributed by atoms with E-state index in [1.807, 2.05) is 6.07 Å². The Bertz CT molecular complexity index is 967. The van der Waals surface area contributed by atoms with Crippen molar-refractivity contribution in [2.75, 3.05) is 28.6 Å². The van der Waals surface area contributed by atoms with Crippen LogP contribution in [-0.2, 0) is 0 Å². The van der Waals surface area contributed by atoms with Crippen molar-refractivity contribution in [3.63, 3.8) is 0 Å². The number of carbonyl (C=O) groups is 1. The van der Waals surface area contributed by atoms with E-state index in [4.69, 9.17) is 0 Å². The van der Waals surface area contributed by atoms with E-state index in [1.165, 1.54) is 37.1 Å². The van der Waals surface area contributed by atoms with Crippen LogP contribution < -0.4 is 15.5 Å². The SMILES string of the molecule is O=C(Nc1ccc(Nc2ccc(N3CCCCC3)cc2)cn1)c1ccccc1F. The molecule has 0 atom stereocenters. The minimum atomic E-state index is -0.559. The third kappa shape index (κ3) is 4.71. The van der Waals surface area contributed by atoms with E-state index in [2.05, 4.69) is 44.8 Å². The summed E-state index contributed by atoms with van der Waals surface area (Å²) >= 11 is 0. The predicted octanol–water partition coefficient (Wildman–Crippen LogP) is 5.21. The van der Waals surface area contributed by atoms with Crippen LogP contribution in [0.25, 0.3) is 0 Å². The third-order valence-electron chi connectivity index (χ3n) is 5.00. The summed E-state index contributed by atoms with van der Waals surface area (Å²) in [5.41, 5.74) is 3.01. The van der Waals surface area contributed by atoms with Crippen molar-refractivity contribution in [3.8, 4) is 0 Å². The number of hydrogen-bond donors (Lipinski definition) is 2. The fourth-order valence-corrected chi connectivity index (χ4v) is 3.45. The van der Waals surface area contributed by atoms with Crippen LogP contribution in [0.15, 0.2) is 66.9 Å². The molecule has 1 aliphatic heterocycles. The first-order chi connectivity index (χ1) is 14.2. The largest absolute Gasteiger partial charge is 0.372 e. The van der Waals surface area contributed by atoms with Gasteiger partial charge in [0, 0.05) is 24.5 Å². The Balaban J connectivity index is 1.37. The lowest BCUT2D eigenvalue weighted by Gasteiger charge is -2.28. The number of hydrogen-bond acceptors (Lipinski definition) is 4. The Morgan fingerprint density at radius 1 is 0.897 bits per heavy atom. The number of piperidine rings is 1. The molecule has 5 nitrogen and oxygen atoms in total. The maximum Gasteiger partial charge on any atom is 0.259 e. The molecule has 0 saturated carbocycles. The normalized spacial score (nSPS) is 13.8. The first-order valence-electron chi connectivity index (χ1n) is 9.83. The molecular formula is C23H23FN4O. The number of carbonyl (C=O) groups excluding carboxylic acids is 1. The number of anilines is 4. The molecule has 0 bridgehead atoms. The molecule has 0 unspecified atom stereocenters. The summed E-state index contributed by atoms with van der Waals surface area (Å²) in [6.07, 6.45) is 5.46. The van der Waals surface area contributed by atoms with Crippen molar-refractivity contribution in [1.82, 2.24) is 4.98 Å². The van der Waals surface area contributed by atoms with Crippen LogP contribution >= 0.6 is 0 Å². The molecule has 2 heterocycles. The number of nitrogens with zero attached hydrogens (tertiary/aromatic N) is 2. The number of amides is 1. The summed E-state index contributed by atoms with van der Waals surface area (Å²) in [4.78, 5) is 18.8. The molecule has 2 aromatic carbocycles. The van der Waals surface area contributed by atoms with Gasteiger partial charge in [-0.2, -0.15) is 0 Å². The second-order valence-electron chi connectivity index (χ2n) is 7.09. The first kappa shape index (κ1) is 18.9. The van der Waals surface area contributed by atoms with Crippen molar-refractivity contribution in [2.45, 2.75) is 19.3 Å². The minimum Gasteiger partial charge on any atom is -0.372 e. The molecule has 1 aromatic heterocycles. The van der Waals surface area contributed by atoms with Crippen LogP contribution in [0, 0.1) is 5.82 Å². The van der Waals surface area contributed by atoms with Crippen LogP contribution in [-0.4, -0.2) is 24.0 Å². The van der Waals surface area contributed by atoms with E-state index < -0.39 is 11.7 Å². The molecule has 6 heteroatoms. The number of rotatable bonds is 5. The highest BCUT2D eigenvalue weighted by Crippen LogP contribution is 2.24. The van der Waals surface area contributed by atoms with Gasteiger partial charge < -0.3 is 15.5 Å². The molecule has 29 heavy (non-hydrogen) atoms. The van der Waals surface area contributed by atoms with E-state index in [1.54, 1.807) is 24.4 Å². The van der Waals surface area contributed by atoms with Crippen molar-refractivity contribution >= 4 is 28.8 Å². The zero-order valence-electron chi connectivity index (χ0n) is 16.1. The molecule has 1 aliphatic rings. The molecule has 1 amide bonds. The maximum atomic E-state index is 13.7. The molecule has 0 spiro atoms. The fourth-order valence-electron chi connectivity index (χ4n) is 3.45. The van der Waals surface area contributed by atoms with Crippen LogP contribution in [0.1, 0.15) is 29.6 Å². The number of nitrogens with one attached hydrogen (secondary N) is 2. The molecule has 1 saturated heterocycles. The smallest absolute Gasteiger partial charge is 0.259 e. The average Bonchev–Trinajstić information content (AvgIpc) is 2.76. The molecule has 3 aromatic rings. The van der Waals surface area contributed by atoms with Gasteiger partial charge in [-0.05, 0) is 67.8 Å². The first-order valence-corrected chi connectivity index (χ1v) is 9.83. The number of benzene rings is 2. The highest BCUT2D eigenvalue weighted by atomic mass is 19.1. The van der Waals surface area contributed by atoms with Crippen LogP contribution in [0.5, 0.6) is 0 Å². The highest BCUT2D eigenvalue weighted by Gasteiger charge is 2.12. The average molecular weight is 390 g/mol. The van der Waals surface area contributed by atoms with Gasteiger partial charge >= 0.3 is 0 Å². The minimum absolute atomic E-state index is 0.00898. The Kier molecular flexibility index (Phi) is 5.70. The van der Waals surface area contributed by atoms with Crippen molar-refractivity contribution in [1.29, 1.82) is 0 Å². The molecule has 4 rings (SSSR count). The van der Waals surface area contributed by atoms with Gasteiger partial charge in [0.1, 0.15) is 11.6 Å². The lowest BCUT2D eigenvalue weighted by molar-refractivity contribution is 0.102. The summed E-state index contributed by atoms with van der Waals surface area (Å²) in [5.74, 6) is -0.717. The van der Waals surface area contributed by atoms with Gasteiger partial charge in [0.25, 0.3) is 5.91 Å². The maximum absolute atomic E-state index is 13.7. The zero-order valence-corrected chi connectivity index (χ0v) is 16.1. The molecular weight excluding hydrogens is 367 g/mol. The quantitative estimate of drug-likeness (QED) is 0.628. The summed E-state index contributed by atoms with van der Waals surface area (Å²) in [5, 5.41) is 5.91. The van der Waals surface area contributed by atoms with Gasteiger partial charge in [0.15, 0.2) is 0 Å². The van der Waals surface area contributed by atoms with Crippen molar-refractivity contribution in [3.05, 3.63) is 78.2 Å². The summed E-state index contributed by atoms with van der Waals surface area (Å²) in [6.45, 7) is 2.24. The molecule has 2 N–H and O–H groups in total. The Labute approximate surface area is 169 Å². The zero-order chi connectivity index (χ0) is 20.1. The monoisotopic (exact) mass is 390 g/mol. The van der Waals surface area contributed by atoms with Crippen LogP contribution in [0.4, 0.5) is 27.3 Å². The molecule has 148 valence electrons. The topological polar surface area (TPSA) is 57.3 Å². The Morgan fingerprint density at radius 2 is 1.62 bits per heavy atom. The van der Waals surface area contributed by atoms with Crippen LogP contribution in [0.3, 0.4) is 0 Å². The van der Waals surface area contributed by atoms with Crippen molar-refractivity contribution in [2.24, 2.45) is 0 Å². The van der Waals surface area contributed by atoms with Gasteiger partial charge in [-0.25, -0.2) is 9.37 Å². The molecule has 1 fully saturated rings. The van der Waals surface area contributed by atoms with E-state index >= 15 is 0 Å². The predicted molar refractivity (Wildman–Crippen MR) is 114 cm³/mol. The van der Waals surface area contributed by atoms with Gasteiger partial charge in [-0.1, -0.05) is 12.1 Å². The van der Waals surface area contributed by atoms with Gasteiger partial charge in [-0.15, -0.1) is 0 Å². The summed E-state index contributed by atoms with van der Waals surface area (Å²) in [7, 11) is 0. The number of aromatic nitrogens is 1. The van der Waals surface area contributed by atoms with E-state index in [0.29, 0.717) is 5.82 Å². The van der Waals surface area contributed by atoms with E-state index in [0.717, 1.165) is 24.5 Å². The van der Waals surface area contributed by atoms with Gasteiger partial charge in [-0.3, -0.25) is 4.79 Å². The number of halogens is 1. The van der Waals surface area contributed by atoms with Crippen LogP contribution in [0.2, 0.25) is 0 Å².